The molecule has 1 rings (SSSR count). The normalized spacial score (nSPS) is 17.2. The molecule has 0 amide bonds. The topological polar surface area (TPSA) is 20.2 Å². The highest BCUT2D eigenvalue weighted by molar-refractivity contribution is 5.31. The zero-order valence-corrected chi connectivity index (χ0v) is 18.6. The van der Waals surface area contributed by atoms with E-state index in [2.05, 4.69) is 0 Å². The summed E-state index contributed by atoms with van der Waals surface area (Å²) in [6.07, 6.45) is -10.5. The van der Waals surface area contributed by atoms with Gasteiger partial charge in [0.05, 0.1) is 12.0 Å². The van der Waals surface area contributed by atoms with Gasteiger partial charge in [-0.25, -0.2) is 0 Å². The Balaban J connectivity index is 3.50. The van der Waals surface area contributed by atoms with E-state index in [0.717, 1.165) is 12.1 Å². The number of hydrogen-bond acceptors (Lipinski definition) is 1. The first kappa shape index (κ1) is 32.2. The molecular formula is C20H19F15O. The third-order valence-electron chi connectivity index (χ3n) is 5.33. The first-order valence-corrected chi connectivity index (χ1v) is 9.59. The molecule has 1 nitrogen and oxygen atoms in total. The summed E-state index contributed by atoms with van der Waals surface area (Å²) in [5, 5.41) is 10.2. The van der Waals surface area contributed by atoms with E-state index < -0.39 is 64.7 Å². The molecule has 1 unspecified atom stereocenters. The minimum absolute atomic E-state index is 0.339. The molecule has 0 aromatic heterocycles. The molecule has 1 aromatic rings. The van der Waals surface area contributed by atoms with Gasteiger partial charge in [0, 0.05) is 0 Å². The summed E-state index contributed by atoms with van der Waals surface area (Å²) in [5.74, 6) is -47.1. The lowest BCUT2D eigenvalue weighted by Crippen LogP contribution is -2.72. The largest absolute Gasteiger partial charge is 0.460 e. The van der Waals surface area contributed by atoms with Crippen molar-refractivity contribution in [2.24, 2.45) is 0 Å². The van der Waals surface area contributed by atoms with E-state index in [0.29, 0.717) is 12.5 Å². The average molecular weight is 560 g/mol. The lowest BCUT2D eigenvalue weighted by atomic mass is 9.81. The van der Waals surface area contributed by atoms with Gasteiger partial charge in [0.15, 0.2) is 0 Å². The second-order valence-corrected chi connectivity index (χ2v) is 9.35. The molecule has 0 bridgehead atoms. The van der Waals surface area contributed by atoms with Crippen LogP contribution in [0.4, 0.5) is 65.9 Å². The van der Waals surface area contributed by atoms with Crippen molar-refractivity contribution in [3.8, 4) is 0 Å². The Bertz CT molecular complexity index is 922. The fourth-order valence-electron chi connectivity index (χ4n) is 2.97. The van der Waals surface area contributed by atoms with E-state index >= 15 is 0 Å². The molecular weight excluding hydrogens is 541 g/mol. The van der Waals surface area contributed by atoms with Crippen LogP contribution >= 0.6 is 0 Å². The Morgan fingerprint density at radius 3 is 1.14 bits per heavy atom. The zero-order chi connectivity index (χ0) is 29.2. The van der Waals surface area contributed by atoms with E-state index in [-0.39, 0.29) is 0 Å². The third kappa shape index (κ3) is 4.85. The average Bonchev–Trinajstić information content (AvgIpc) is 2.64. The van der Waals surface area contributed by atoms with Crippen molar-refractivity contribution in [3.05, 3.63) is 35.4 Å². The van der Waals surface area contributed by atoms with Crippen LogP contribution < -0.4 is 0 Å². The summed E-state index contributed by atoms with van der Waals surface area (Å²) in [7, 11) is 0. The van der Waals surface area contributed by atoms with Crippen LogP contribution in [-0.4, -0.2) is 46.8 Å². The Morgan fingerprint density at radius 2 is 0.806 bits per heavy atom. The van der Waals surface area contributed by atoms with Crippen LogP contribution in [0, 0.1) is 0 Å². The van der Waals surface area contributed by atoms with Gasteiger partial charge in [0.1, 0.15) is 0 Å². The van der Waals surface area contributed by atoms with Gasteiger partial charge in [-0.15, -0.1) is 0 Å². The standard InChI is InChI=1S/C20H19F15O/c1-12(2,3)10-5-7-11(8-6-10)13(4,36)9-14(21,22)15(23,24)16(25,26)17(27,28)18(29,30)19(31,32)20(33,34)35/h5-8,36H,9H2,1-4H3. The molecule has 36 heavy (non-hydrogen) atoms. The van der Waals surface area contributed by atoms with Crippen molar-refractivity contribution in [1.82, 2.24) is 0 Å². The molecule has 0 spiro atoms. The maximum absolute atomic E-state index is 14.2. The Labute approximate surface area is 194 Å². The van der Waals surface area contributed by atoms with Crippen molar-refractivity contribution < 1.29 is 71.0 Å². The van der Waals surface area contributed by atoms with Gasteiger partial charge in [-0.3, -0.25) is 0 Å². The summed E-state index contributed by atoms with van der Waals surface area (Å²) in [4.78, 5) is 0. The highest BCUT2D eigenvalue weighted by Gasteiger charge is 2.93. The van der Waals surface area contributed by atoms with E-state index in [1.807, 2.05) is 0 Å². The second-order valence-electron chi connectivity index (χ2n) is 9.35. The van der Waals surface area contributed by atoms with Crippen molar-refractivity contribution in [3.63, 3.8) is 0 Å². The van der Waals surface area contributed by atoms with Crippen molar-refractivity contribution >= 4 is 0 Å². The summed E-state index contributed by atoms with van der Waals surface area (Å²) in [6, 6.07) is 4.14. The molecule has 0 fully saturated rings. The number of benzene rings is 1. The van der Waals surface area contributed by atoms with E-state index in [9.17, 15) is 71.0 Å². The summed E-state index contributed by atoms with van der Waals surface area (Å²) >= 11 is 0. The molecule has 0 saturated heterocycles. The summed E-state index contributed by atoms with van der Waals surface area (Å²) in [5.41, 5.74) is -3.95. The first-order valence-electron chi connectivity index (χ1n) is 9.59. The molecule has 0 aliphatic heterocycles. The van der Waals surface area contributed by atoms with Crippen LogP contribution in [0.25, 0.3) is 0 Å². The third-order valence-corrected chi connectivity index (χ3v) is 5.33. The fourth-order valence-corrected chi connectivity index (χ4v) is 2.97. The van der Waals surface area contributed by atoms with Gasteiger partial charge < -0.3 is 5.11 Å². The van der Waals surface area contributed by atoms with Crippen LogP contribution in [0.1, 0.15) is 45.2 Å². The van der Waals surface area contributed by atoms with Gasteiger partial charge in [0.25, 0.3) is 0 Å². The number of rotatable bonds is 8. The first-order chi connectivity index (χ1) is 15.4. The van der Waals surface area contributed by atoms with E-state index in [1.54, 1.807) is 20.8 Å². The van der Waals surface area contributed by atoms with Crippen LogP contribution in [0.15, 0.2) is 24.3 Å². The highest BCUT2D eigenvalue weighted by atomic mass is 19.4. The number of alkyl halides is 15. The van der Waals surface area contributed by atoms with Crippen LogP contribution in [0.2, 0.25) is 0 Å². The van der Waals surface area contributed by atoms with Gasteiger partial charge in [-0.05, 0) is 23.5 Å². The predicted molar refractivity (Wildman–Crippen MR) is 95.1 cm³/mol. The molecule has 1 atom stereocenters. The summed E-state index contributed by atoms with van der Waals surface area (Å²) < 4.78 is 200. The number of aliphatic hydroxyl groups is 1. The van der Waals surface area contributed by atoms with Gasteiger partial charge in [0.2, 0.25) is 0 Å². The summed E-state index contributed by atoms with van der Waals surface area (Å²) in [6.45, 7) is 5.37. The quantitative estimate of drug-likeness (QED) is 0.320. The van der Waals surface area contributed by atoms with Crippen LogP contribution in [-0.2, 0) is 11.0 Å². The Hall–Kier alpha value is -1.87. The maximum Gasteiger partial charge on any atom is 0.460 e. The van der Waals surface area contributed by atoms with Gasteiger partial charge in [-0.1, -0.05) is 45.0 Å². The molecule has 0 aliphatic rings. The van der Waals surface area contributed by atoms with E-state index in [1.165, 1.54) is 12.1 Å². The van der Waals surface area contributed by atoms with Crippen LogP contribution in [0.5, 0.6) is 0 Å². The van der Waals surface area contributed by atoms with Gasteiger partial charge >= 0.3 is 41.7 Å². The van der Waals surface area contributed by atoms with Crippen molar-refractivity contribution in [1.29, 1.82) is 0 Å². The molecule has 0 heterocycles. The zero-order valence-electron chi connectivity index (χ0n) is 18.6. The van der Waals surface area contributed by atoms with Crippen LogP contribution in [0.3, 0.4) is 0 Å². The van der Waals surface area contributed by atoms with E-state index in [4.69, 9.17) is 0 Å². The molecule has 1 aromatic carbocycles. The minimum atomic E-state index is -8.35. The SMILES string of the molecule is CC(C)(C)c1ccc(C(C)(O)CC(F)(F)C(F)(F)C(F)(F)C(F)(F)C(F)(F)C(F)(F)C(F)(F)F)cc1. The lowest BCUT2D eigenvalue weighted by Gasteiger charge is -2.42. The predicted octanol–water partition coefficient (Wildman–Crippen LogP) is 7.96. The molecule has 0 saturated carbocycles. The Morgan fingerprint density at radius 1 is 0.500 bits per heavy atom. The lowest BCUT2D eigenvalue weighted by molar-refractivity contribution is -0.453. The second kappa shape index (κ2) is 8.58. The maximum atomic E-state index is 14.2. The fraction of sp³-hybridized carbons (Fsp3) is 0.700. The molecule has 0 radical (unpaired) electrons. The molecule has 210 valence electrons. The molecule has 16 heteroatoms. The highest BCUT2D eigenvalue weighted by Crippen LogP contribution is 2.63. The molecule has 1 N–H and O–H groups in total. The monoisotopic (exact) mass is 560 g/mol. The number of halogens is 15. The minimum Gasteiger partial charge on any atom is -0.385 e. The van der Waals surface area contributed by atoms with Crippen molar-refractivity contribution in [2.45, 2.75) is 86.8 Å². The molecule has 0 aliphatic carbocycles. The smallest absolute Gasteiger partial charge is 0.385 e. The van der Waals surface area contributed by atoms with Crippen molar-refractivity contribution in [2.75, 3.05) is 0 Å². The Kier molecular flexibility index (Phi) is 7.67. The van der Waals surface area contributed by atoms with Gasteiger partial charge in [-0.2, -0.15) is 65.9 Å². The number of hydrogen-bond donors (Lipinski definition) is 1.